The lowest BCUT2D eigenvalue weighted by Crippen LogP contribution is -2.26. The molecular formula is C17H16N2O3S2. The van der Waals surface area contributed by atoms with Gasteiger partial charge in [0.05, 0.1) is 4.88 Å². The van der Waals surface area contributed by atoms with Crippen LogP contribution in [0.25, 0.3) is 10.6 Å². The molecule has 0 radical (unpaired) electrons. The Kier molecular flexibility index (Phi) is 3.79. The van der Waals surface area contributed by atoms with E-state index < -0.39 is 10.0 Å². The van der Waals surface area contributed by atoms with Gasteiger partial charge in [-0.3, -0.25) is 0 Å². The van der Waals surface area contributed by atoms with Crippen molar-refractivity contribution in [2.24, 2.45) is 0 Å². The van der Waals surface area contributed by atoms with Gasteiger partial charge in [-0.05, 0) is 31.0 Å². The second-order valence-corrected chi connectivity index (χ2v) is 8.95. The number of thiophene rings is 1. The molecule has 0 unspecified atom stereocenters. The lowest BCUT2D eigenvalue weighted by atomic mass is 10.1. The molecule has 0 saturated heterocycles. The summed E-state index contributed by atoms with van der Waals surface area (Å²) in [7, 11) is -3.51. The van der Waals surface area contributed by atoms with E-state index in [9.17, 15) is 8.42 Å². The standard InChI is InChI=1S/C17H16N2O3S2/c1-11-9-15(18-22-11)16-7-8-17(23-16)24(20,21)19-14-10-13(14)12-5-3-2-4-6-12/h2-9,13-14,19H,10H2,1H3/t13-,14+/m1/s1. The van der Waals surface area contributed by atoms with Crippen LogP contribution in [0.5, 0.6) is 0 Å². The van der Waals surface area contributed by atoms with Gasteiger partial charge >= 0.3 is 0 Å². The summed E-state index contributed by atoms with van der Waals surface area (Å²) in [5.41, 5.74) is 1.84. The van der Waals surface area contributed by atoms with Crippen molar-refractivity contribution in [3.8, 4) is 10.6 Å². The van der Waals surface area contributed by atoms with Crippen molar-refractivity contribution < 1.29 is 12.9 Å². The van der Waals surface area contributed by atoms with Gasteiger partial charge in [-0.15, -0.1) is 11.3 Å². The van der Waals surface area contributed by atoms with E-state index in [0.717, 1.165) is 11.3 Å². The SMILES string of the molecule is Cc1cc(-c2ccc(S(=O)(=O)N[C@H]3C[C@@H]3c3ccccc3)s2)no1. The summed E-state index contributed by atoms with van der Waals surface area (Å²) in [5, 5.41) is 3.93. The number of benzene rings is 1. The van der Waals surface area contributed by atoms with Crippen LogP contribution < -0.4 is 4.72 Å². The van der Waals surface area contributed by atoms with Crippen LogP contribution in [0.1, 0.15) is 23.7 Å². The number of nitrogens with one attached hydrogen (secondary N) is 1. The Morgan fingerprint density at radius 2 is 2.00 bits per heavy atom. The van der Waals surface area contributed by atoms with Gasteiger partial charge in [0.15, 0.2) is 0 Å². The van der Waals surface area contributed by atoms with Crippen molar-refractivity contribution in [2.75, 3.05) is 0 Å². The van der Waals surface area contributed by atoms with Crippen molar-refractivity contribution in [1.82, 2.24) is 9.88 Å². The minimum Gasteiger partial charge on any atom is -0.361 e. The number of aromatic nitrogens is 1. The highest BCUT2D eigenvalue weighted by atomic mass is 32.2. The van der Waals surface area contributed by atoms with E-state index >= 15 is 0 Å². The van der Waals surface area contributed by atoms with E-state index in [1.165, 1.54) is 16.9 Å². The second-order valence-electron chi connectivity index (χ2n) is 5.92. The summed E-state index contributed by atoms with van der Waals surface area (Å²) in [5.74, 6) is 0.961. The monoisotopic (exact) mass is 360 g/mol. The fourth-order valence-electron chi connectivity index (χ4n) is 2.74. The van der Waals surface area contributed by atoms with Gasteiger partial charge in [-0.25, -0.2) is 13.1 Å². The molecule has 0 aliphatic heterocycles. The fraction of sp³-hybridized carbons (Fsp3) is 0.235. The van der Waals surface area contributed by atoms with E-state index in [-0.39, 0.29) is 12.0 Å². The Morgan fingerprint density at radius 1 is 1.21 bits per heavy atom. The molecule has 1 N–H and O–H groups in total. The van der Waals surface area contributed by atoms with Crippen molar-refractivity contribution in [2.45, 2.75) is 29.5 Å². The van der Waals surface area contributed by atoms with Crippen LogP contribution in [0, 0.1) is 6.92 Å². The first-order valence-electron chi connectivity index (χ1n) is 7.64. The van der Waals surface area contributed by atoms with Gasteiger partial charge in [0.1, 0.15) is 15.7 Å². The first-order chi connectivity index (χ1) is 11.5. The molecule has 124 valence electrons. The molecule has 0 amide bonds. The van der Waals surface area contributed by atoms with E-state index in [4.69, 9.17) is 4.52 Å². The largest absolute Gasteiger partial charge is 0.361 e. The lowest BCUT2D eigenvalue weighted by Gasteiger charge is -2.04. The summed E-state index contributed by atoms with van der Waals surface area (Å²) in [6.45, 7) is 1.81. The summed E-state index contributed by atoms with van der Waals surface area (Å²) in [6, 6.07) is 15.1. The van der Waals surface area contributed by atoms with Crippen LogP contribution in [0.15, 0.2) is 57.3 Å². The van der Waals surface area contributed by atoms with Crippen LogP contribution in [-0.2, 0) is 10.0 Å². The zero-order valence-corrected chi connectivity index (χ0v) is 14.6. The Balaban J connectivity index is 1.49. The highest BCUT2D eigenvalue weighted by Crippen LogP contribution is 2.42. The van der Waals surface area contributed by atoms with Crippen molar-refractivity contribution >= 4 is 21.4 Å². The van der Waals surface area contributed by atoms with Gasteiger partial charge in [-0.2, -0.15) is 0 Å². The zero-order valence-electron chi connectivity index (χ0n) is 13.0. The highest BCUT2D eigenvalue weighted by Gasteiger charge is 2.41. The minimum atomic E-state index is -3.51. The van der Waals surface area contributed by atoms with Crippen molar-refractivity contribution in [3.63, 3.8) is 0 Å². The Morgan fingerprint density at radius 3 is 2.71 bits per heavy atom. The quantitative estimate of drug-likeness (QED) is 0.755. The molecule has 1 aliphatic rings. The molecule has 4 rings (SSSR count). The van der Waals surface area contributed by atoms with Gasteiger partial charge in [0.25, 0.3) is 0 Å². The Labute approximate surface area is 144 Å². The third-order valence-corrected chi connectivity index (χ3v) is 7.14. The normalized spacial score (nSPS) is 20.2. The fourth-order valence-corrected chi connectivity index (χ4v) is 5.30. The predicted octanol–water partition coefficient (Wildman–Crippen LogP) is 3.55. The van der Waals surface area contributed by atoms with Crippen LogP contribution in [0.2, 0.25) is 0 Å². The maximum Gasteiger partial charge on any atom is 0.250 e. The second kappa shape index (κ2) is 5.84. The Bertz CT molecular complexity index is 961. The number of hydrogen-bond acceptors (Lipinski definition) is 5. The molecule has 1 aliphatic carbocycles. The van der Waals surface area contributed by atoms with E-state index in [2.05, 4.69) is 9.88 Å². The number of rotatable bonds is 5. The van der Waals surface area contributed by atoms with Crippen molar-refractivity contribution in [1.29, 1.82) is 0 Å². The van der Waals surface area contributed by atoms with E-state index in [1.807, 2.05) is 30.3 Å². The van der Waals surface area contributed by atoms with Gasteiger partial charge in [-0.1, -0.05) is 35.5 Å². The molecule has 0 spiro atoms. The number of nitrogens with zero attached hydrogens (tertiary/aromatic N) is 1. The molecule has 2 atom stereocenters. The average Bonchev–Trinajstić information content (AvgIpc) is 2.98. The number of aryl methyl sites for hydroxylation is 1. The molecule has 2 heterocycles. The first-order valence-corrected chi connectivity index (χ1v) is 9.94. The number of hydrogen-bond donors (Lipinski definition) is 1. The molecule has 24 heavy (non-hydrogen) atoms. The molecule has 0 bridgehead atoms. The first kappa shape index (κ1) is 15.6. The smallest absolute Gasteiger partial charge is 0.250 e. The van der Waals surface area contributed by atoms with Crippen LogP contribution in [0.4, 0.5) is 0 Å². The highest BCUT2D eigenvalue weighted by molar-refractivity contribution is 7.91. The maximum absolute atomic E-state index is 12.6. The molecular weight excluding hydrogens is 344 g/mol. The van der Waals surface area contributed by atoms with Crippen LogP contribution in [0.3, 0.4) is 0 Å². The van der Waals surface area contributed by atoms with E-state index in [1.54, 1.807) is 25.1 Å². The molecule has 5 nitrogen and oxygen atoms in total. The van der Waals surface area contributed by atoms with Gasteiger partial charge < -0.3 is 4.52 Å². The molecule has 2 aromatic heterocycles. The van der Waals surface area contributed by atoms with Crippen molar-refractivity contribution in [3.05, 3.63) is 59.9 Å². The van der Waals surface area contributed by atoms with E-state index in [0.29, 0.717) is 15.7 Å². The summed E-state index contributed by atoms with van der Waals surface area (Å²) >= 11 is 1.20. The lowest BCUT2D eigenvalue weighted by molar-refractivity contribution is 0.400. The summed E-state index contributed by atoms with van der Waals surface area (Å²) in [6.07, 6.45) is 0.837. The molecule has 3 aromatic rings. The Hall–Kier alpha value is -1.96. The average molecular weight is 360 g/mol. The van der Waals surface area contributed by atoms with Crippen LogP contribution >= 0.6 is 11.3 Å². The molecule has 1 saturated carbocycles. The topological polar surface area (TPSA) is 72.2 Å². The predicted molar refractivity (Wildman–Crippen MR) is 92.5 cm³/mol. The van der Waals surface area contributed by atoms with Gasteiger partial charge in [0.2, 0.25) is 10.0 Å². The maximum atomic E-state index is 12.6. The molecule has 1 fully saturated rings. The third kappa shape index (κ3) is 3.02. The summed E-state index contributed by atoms with van der Waals surface area (Å²) in [4.78, 5) is 0.780. The minimum absolute atomic E-state index is 0.0303. The molecule has 1 aromatic carbocycles. The van der Waals surface area contributed by atoms with Crippen LogP contribution in [-0.4, -0.2) is 19.6 Å². The molecule has 7 heteroatoms. The van der Waals surface area contributed by atoms with Gasteiger partial charge in [0, 0.05) is 18.0 Å². The number of sulfonamides is 1. The summed E-state index contributed by atoms with van der Waals surface area (Å²) < 4.78 is 33.3. The zero-order chi connectivity index (χ0) is 16.7. The third-order valence-electron chi connectivity index (χ3n) is 4.05.